The number of rotatable bonds is 16. The van der Waals surface area contributed by atoms with Gasteiger partial charge in [-0.15, -0.1) is 0 Å². The summed E-state index contributed by atoms with van der Waals surface area (Å²) >= 11 is 0. The first-order chi connectivity index (χ1) is 17.2. The second kappa shape index (κ2) is 12.5. The van der Waals surface area contributed by atoms with Crippen LogP contribution in [0.1, 0.15) is 73.6 Å². The summed E-state index contributed by atoms with van der Waals surface area (Å²) in [4.78, 5) is 86.5. The predicted octanol–water partition coefficient (Wildman–Crippen LogP) is 2.51. The van der Waals surface area contributed by atoms with E-state index in [4.69, 9.17) is 0 Å². The van der Waals surface area contributed by atoms with Crippen molar-refractivity contribution in [1.29, 1.82) is 0 Å². The SMILES string of the molecule is Cc1cc(C(CCC(=O)O)(CCC(=O)O)P(=O)(O)O)c(C)cc1C(CCC(=O)O)(CCC(=O)O)P(=O)(O)O. The zero-order valence-corrected chi connectivity index (χ0v) is 22.5. The Hall–Kier alpha value is -2.60. The first-order valence-corrected chi connectivity index (χ1v) is 14.5. The molecule has 1 aromatic rings. The first-order valence-electron chi connectivity index (χ1n) is 11.3. The van der Waals surface area contributed by atoms with E-state index in [-0.39, 0.29) is 22.3 Å². The van der Waals surface area contributed by atoms with Crippen LogP contribution in [0.15, 0.2) is 12.1 Å². The number of carboxylic acids is 4. The van der Waals surface area contributed by atoms with Gasteiger partial charge in [-0.05, 0) is 61.8 Å². The van der Waals surface area contributed by atoms with Crippen LogP contribution in [0.4, 0.5) is 0 Å². The third-order valence-corrected chi connectivity index (χ3v) is 10.3. The minimum absolute atomic E-state index is 0.0215. The molecule has 0 heterocycles. The van der Waals surface area contributed by atoms with E-state index in [0.29, 0.717) is 0 Å². The fourth-order valence-electron chi connectivity index (χ4n) is 4.76. The molecule has 1 aromatic carbocycles. The van der Waals surface area contributed by atoms with Gasteiger partial charge < -0.3 is 40.0 Å². The maximum absolute atomic E-state index is 12.8. The summed E-state index contributed by atoms with van der Waals surface area (Å²) in [5.41, 5.74) is -0.224. The number of hydrogen-bond acceptors (Lipinski definition) is 6. The van der Waals surface area contributed by atoms with Gasteiger partial charge in [-0.2, -0.15) is 0 Å². The Labute approximate surface area is 217 Å². The Bertz CT molecular complexity index is 1050. The normalized spacial score (nSPS) is 12.8. The summed E-state index contributed by atoms with van der Waals surface area (Å²) in [6, 6.07) is 2.33. The van der Waals surface area contributed by atoms with Gasteiger partial charge in [0.1, 0.15) is 0 Å². The Morgan fingerprint density at radius 2 is 0.789 bits per heavy atom. The van der Waals surface area contributed by atoms with Crippen LogP contribution < -0.4 is 0 Å². The molecule has 214 valence electrons. The highest BCUT2D eigenvalue weighted by Crippen LogP contribution is 2.65. The summed E-state index contributed by atoms with van der Waals surface area (Å²) < 4.78 is 25.6. The molecule has 0 bridgehead atoms. The molecule has 0 aliphatic carbocycles. The second-order valence-corrected chi connectivity index (χ2v) is 13.1. The third kappa shape index (κ3) is 7.72. The van der Waals surface area contributed by atoms with Gasteiger partial charge in [-0.25, -0.2) is 0 Å². The van der Waals surface area contributed by atoms with Gasteiger partial charge in [-0.3, -0.25) is 28.3 Å². The van der Waals surface area contributed by atoms with Gasteiger partial charge in [-0.1, -0.05) is 12.1 Å². The fourth-order valence-corrected chi connectivity index (χ4v) is 7.48. The molecule has 38 heavy (non-hydrogen) atoms. The smallest absolute Gasteiger partial charge is 0.336 e. The van der Waals surface area contributed by atoms with Crippen molar-refractivity contribution >= 4 is 39.1 Å². The van der Waals surface area contributed by atoms with Crippen molar-refractivity contribution in [3.63, 3.8) is 0 Å². The minimum Gasteiger partial charge on any atom is -0.481 e. The maximum atomic E-state index is 12.8. The Balaban J connectivity index is 4.04. The van der Waals surface area contributed by atoms with E-state index >= 15 is 0 Å². The van der Waals surface area contributed by atoms with Crippen LogP contribution in [0, 0.1) is 13.8 Å². The van der Waals surface area contributed by atoms with E-state index in [2.05, 4.69) is 0 Å². The molecule has 14 nitrogen and oxygen atoms in total. The third-order valence-electron chi connectivity index (χ3n) is 6.70. The zero-order valence-electron chi connectivity index (χ0n) is 20.7. The number of benzene rings is 1. The lowest BCUT2D eigenvalue weighted by Crippen LogP contribution is -2.32. The molecule has 0 fully saturated rings. The summed E-state index contributed by atoms with van der Waals surface area (Å²) in [5, 5.41) is 32.2. The predicted molar refractivity (Wildman–Crippen MR) is 131 cm³/mol. The summed E-state index contributed by atoms with van der Waals surface area (Å²) in [5.74, 6) is -5.59. The topological polar surface area (TPSA) is 264 Å². The summed E-state index contributed by atoms with van der Waals surface area (Å²) in [7, 11) is -10.5. The first kappa shape index (κ1) is 33.4. The van der Waals surface area contributed by atoms with Gasteiger partial charge in [0.05, 0.1) is 10.3 Å². The largest absolute Gasteiger partial charge is 0.481 e. The lowest BCUT2D eigenvalue weighted by Gasteiger charge is -2.39. The van der Waals surface area contributed by atoms with Crippen molar-refractivity contribution in [3.8, 4) is 0 Å². The highest BCUT2D eigenvalue weighted by atomic mass is 31.2. The molecule has 0 amide bonds. The molecule has 0 aliphatic heterocycles. The van der Waals surface area contributed by atoms with E-state index in [1.54, 1.807) is 0 Å². The lowest BCUT2D eigenvalue weighted by atomic mass is 9.80. The highest BCUT2D eigenvalue weighted by Gasteiger charge is 2.52. The summed E-state index contributed by atoms with van der Waals surface area (Å²) in [6.07, 6.45) is -5.52. The van der Waals surface area contributed by atoms with Gasteiger partial charge in [0, 0.05) is 25.7 Å². The van der Waals surface area contributed by atoms with Crippen molar-refractivity contribution < 1.29 is 68.3 Å². The van der Waals surface area contributed by atoms with E-state index in [1.165, 1.54) is 26.0 Å². The van der Waals surface area contributed by atoms with Crippen molar-refractivity contribution in [2.24, 2.45) is 0 Å². The number of carboxylic acid groups (broad SMARTS) is 4. The number of hydrogen-bond donors (Lipinski definition) is 8. The molecule has 0 aromatic heterocycles. The molecular formula is C22H32O14P2. The molecule has 0 unspecified atom stereocenters. The van der Waals surface area contributed by atoms with E-state index in [9.17, 15) is 68.3 Å². The van der Waals surface area contributed by atoms with Crippen LogP contribution >= 0.6 is 15.2 Å². The average Bonchev–Trinajstić information content (AvgIpc) is 2.73. The Morgan fingerprint density at radius 1 is 0.579 bits per heavy atom. The molecular weight excluding hydrogens is 550 g/mol. The molecule has 0 atom stereocenters. The maximum Gasteiger partial charge on any atom is 0.336 e. The van der Waals surface area contributed by atoms with Crippen molar-refractivity contribution in [3.05, 3.63) is 34.4 Å². The van der Waals surface area contributed by atoms with Crippen LogP contribution in [0.5, 0.6) is 0 Å². The fraction of sp³-hybridized carbons (Fsp3) is 0.545. The van der Waals surface area contributed by atoms with Gasteiger partial charge >= 0.3 is 39.1 Å². The van der Waals surface area contributed by atoms with Gasteiger partial charge in [0.2, 0.25) is 0 Å². The summed E-state index contributed by atoms with van der Waals surface area (Å²) in [6.45, 7) is 2.64. The van der Waals surface area contributed by atoms with Crippen LogP contribution in [-0.2, 0) is 38.6 Å². The molecule has 8 N–H and O–H groups in total. The van der Waals surface area contributed by atoms with Gasteiger partial charge in [0.15, 0.2) is 0 Å². The number of carbonyl (C=O) groups is 4. The van der Waals surface area contributed by atoms with E-state index in [1.807, 2.05) is 0 Å². The molecule has 0 radical (unpaired) electrons. The van der Waals surface area contributed by atoms with Crippen molar-refractivity contribution in [2.45, 2.75) is 75.5 Å². The quantitative estimate of drug-likeness (QED) is 0.130. The monoisotopic (exact) mass is 582 g/mol. The average molecular weight is 582 g/mol. The van der Waals surface area contributed by atoms with Gasteiger partial charge in [0.25, 0.3) is 0 Å². The standard InChI is InChI=1S/C22H32O14P2/c1-13-11-16(22(38(34,35)36,9-5-19(27)28)10-6-20(29)30)14(2)12-15(13)21(37(31,32)33,7-3-17(23)24)8-4-18(25)26/h11-12H,3-10H2,1-2H3,(H,23,24)(H,25,26)(H,27,28)(H,29,30)(H2,31,32,33)(H2,34,35,36). The lowest BCUT2D eigenvalue weighted by molar-refractivity contribution is -0.139. The Kier molecular flexibility index (Phi) is 11.0. The van der Waals surface area contributed by atoms with Crippen molar-refractivity contribution in [1.82, 2.24) is 0 Å². The second-order valence-electron chi connectivity index (χ2n) is 9.21. The van der Waals surface area contributed by atoms with E-state index < -0.39 is 101 Å². The number of aliphatic carboxylic acids is 4. The minimum atomic E-state index is -5.26. The zero-order chi connectivity index (χ0) is 29.7. The Morgan fingerprint density at radius 3 is 0.947 bits per heavy atom. The van der Waals surface area contributed by atoms with Crippen molar-refractivity contribution in [2.75, 3.05) is 0 Å². The molecule has 0 saturated heterocycles. The molecule has 1 rings (SSSR count). The number of aryl methyl sites for hydroxylation is 2. The molecule has 0 saturated carbocycles. The van der Waals surface area contributed by atoms with Crippen LogP contribution in [0.3, 0.4) is 0 Å². The molecule has 16 heteroatoms. The highest BCUT2D eigenvalue weighted by molar-refractivity contribution is 7.53. The van der Waals surface area contributed by atoms with Crippen LogP contribution in [-0.4, -0.2) is 63.9 Å². The molecule has 0 spiro atoms. The van der Waals surface area contributed by atoms with Crippen LogP contribution in [0.25, 0.3) is 0 Å². The molecule has 0 aliphatic rings. The van der Waals surface area contributed by atoms with Crippen LogP contribution in [0.2, 0.25) is 0 Å². The van der Waals surface area contributed by atoms with E-state index in [0.717, 1.165) is 0 Å².